The van der Waals surface area contributed by atoms with Crippen LogP contribution in [-0.2, 0) is 4.74 Å². The van der Waals surface area contributed by atoms with Gasteiger partial charge in [-0.05, 0) is 32.0 Å². The van der Waals surface area contributed by atoms with E-state index in [0.717, 1.165) is 13.1 Å². The third-order valence-electron chi connectivity index (χ3n) is 2.09. The first-order valence-electron chi connectivity index (χ1n) is 5.67. The van der Waals surface area contributed by atoms with E-state index in [1.807, 2.05) is 6.92 Å². The summed E-state index contributed by atoms with van der Waals surface area (Å²) in [5.41, 5.74) is 0. The molecule has 0 fully saturated rings. The van der Waals surface area contributed by atoms with Crippen molar-refractivity contribution in [2.75, 3.05) is 19.7 Å². The maximum Gasteiger partial charge on any atom is 0.259 e. The topological polar surface area (TPSA) is 12.5 Å². The van der Waals surface area contributed by atoms with Gasteiger partial charge in [0.1, 0.15) is 0 Å². The van der Waals surface area contributed by atoms with Gasteiger partial charge in [0, 0.05) is 37.5 Å². The molecule has 0 heterocycles. The molecular formula is C11H23NOSSb. The molecule has 0 atom stereocenters. The molecule has 0 aliphatic heterocycles. The predicted molar refractivity (Wildman–Crippen MR) is 71.4 cm³/mol. The zero-order chi connectivity index (χ0) is 10.8. The van der Waals surface area contributed by atoms with Crippen LogP contribution in [-0.4, -0.2) is 54.2 Å². The van der Waals surface area contributed by atoms with Crippen molar-refractivity contribution in [1.82, 2.24) is 4.90 Å². The molecule has 0 aromatic rings. The van der Waals surface area contributed by atoms with E-state index in [1.54, 1.807) is 0 Å². The zero-order valence-electron chi connectivity index (χ0n) is 10.2. The van der Waals surface area contributed by atoms with E-state index in [9.17, 15) is 0 Å². The van der Waals surface area contributed by atoms with Gasteiger partial charge in [-0.1, -0.05) is 26.7 Å². The minimum Gasteiger partial charge on any atom is -0.471 e. The average molecular weight is 339 g/mol. The Morgan fingerprint density at radius 2 is 1.53 bits per heavy atom. The number of ether oxygens (including phenoxy) is 1. The second-order valence-electron chi connectivity index (χ2n) is 3.39. The molecule has 0 N–H and O–H groups in total. The predicted octanol–water partition coefficient (Wildman–Crippen LogP) is 2.83. The number of thiocarbonyl (C=S) groups is 1. The van der Waals surface area contributed by atoms with Crippen LogP contribution in [0, 0.1) is 0 Å². The fraction of sp³-hybridized carbons (Fsp3) is 0.909. The van der Waals surface area contributed by atoms with Crippen molar-refractivity contribution in [3.8, 4) is 0 Å². The van der Waals surface area contributed by atoms with Gasteiger partial charge in [0.25, 0.3) is 5.17 Å². The van der Waals surface area contributed by atoms with Gasteiger partial charge < -0.3 is 9.64 Å². The van der Waals surface area contributed by atoms with Crippen LogP contribution in [0.25, 0.3) is 0 Å². The summed E-state index contributed by atoms with van der Waals surface area (Å²) in [5.74, 6) is 0. The Hall–Kier alpha value is 0.508. The average Bonchev–Trinajstić information content (AvgIpc) is 2.18. The van der Waals surface area contributed by atoms with Crippen LogP contribution < -0.4 is 0 Å². The van der Waals surface area contributed by atoms with Gasteiger partial charge in [-0.2, -0.15) is 0 Å². The molecule has 0 aliphatic carbocycles. The number of hydrogen-bond donors (Lipinski definition) is 0. The van der Waals surface area contributed by atoms with Crippen LogP contribution in [0.2, 0.25) is 0 Å². The van der Waals surface area contributed by atoms with Crippen LogP contribution in [0.15, 0.2) is 0 Å². The van der Waals surface area contributed by atoms with Gasteiger partial charge in [0.2, 0.25) is 0 Å². The summed E-state index contributed by atoms with van der Waals surface area (Å²) in [5, 5.41) is 0.675. The quantitative estimate of drug-likeness (QED) is 0.523. The minimum atomic E-state index is 0. The monoisotopic (exact) mass is 338 g/mol. The zero-order valence-corrected chi connectivity index (χ0v) is 13.5. The van der Waals surface area contributed by atoms with E-state index in [2.05, 4.69) is 18.7 Å². The number of nitrogens with zero attached hydrogens (tertiary/aromatic N) is 1. The smallest absolute Gasteiger partial charge is 0.259 e. The standard InChI is InChI=1S/C11H23NOS.Sb/c1-4-7-9-12(10-8-5-2)11(14)13-6-3;/h4-10H2,1-3H3;. The molecule has 0 bridgehead atoms. The molecule has 0 saturated heterocycles. The first kappa shape index (κ1) is 17.9. The fourth-order valence-electron chi connectivity index (χ4n) is 1.21. The van der Waals surface area contributed by atoms with Crippen LogP contribution in [0.3, 0.4) is 0 Å². The van der Waals surface area contributed by atoms with Crippen molar-refractivity contribution in [3.63, 3.8) is 0 Å². The summed E-state index contributed by atoms with van der Waals surface area (Å²) >= 11 is 5.21. The van der Waals surface area contributed by atoms with E-state index in [4.69, 9.17) is 17.0 Å². The number of rotatable bonds is 7. The van der Waals surface area contributed by atoms with E-state index < -0.39 is 0 Å². The summed E-state index contributed by atoms with van der Waals surface area (Å²) in [4.78, 5) is 2.19. The third kappa shape index (κ3) is 9.44. The molecule has 0 spiro atoms. The molecule has 0 aliphatic rings. The Bertz CT molecular complexity index is 148. The molecule has 4 heteroatoms. The van der Waals surface area contributed by atoms with Crippen LogP contribution in [0.5, 0.6) is 0 Å². The normalized spacial score (nSPS) is 9.27. The van der Waals surface area contributed by atoms with Crippen molar-refractivity contribution < 1.29 is 4.74 Å². The molecule has 0 saturated carbocycles. The van der Waals surface area contributed by atoms with E-state index in [0.29, 0.717) is 11.8 Å². The third-order valence-corrected chi connectivity index (χ3v) is 2.47. The molecule has 89 valence electrons. The maximum absolute atomic E-state index is 5.36. The molecule has 0 rings (SSSR count). The molecule has 0 unspecified atom stereocenters. The number of hydrogen-bond acceptors (Lipinski definition) is 2. The van der Waals surface area contributed by atoms with Gasteiger partial charge in [-0.3, -0.25) is 0 Å². The summed E-state index contributed by atoms with van der Waals surface area (Å²) in [6.07, 6.45) is 4.79. The van der Waals surface area contributed by atoms with E-state index in [1.165, 1.54) is 25.7 Å². The van der Waals surface area contributed by atoms with E-state index >= 15 is 0 Å². The Labute approximate surface area is 117 Å². The molecule has 3 radical (unpaired) electrons. The molecule has 15 heavy (non-hydrogen) atoms. The van der Waals surface area contributed by atoms with E-state index in [-0.39, 0.29) is 24.4 Å². The summed E-state index contributed by atoms with van der Waals surface area (Å²) in [7, 11) is 0. The SMILES string of the molecule is CCCCN(CCCC)C(=S)OCC.[Sb]. The van der Waals surface area contributed by atoms with Crippen molar-refractivity contribution in [2.45, 2.75) is 46.5 Å². The summed E-state index contributed by atoms with van der Waals surface area (Å²) < 4.78 is 5.36. The van der Waals surface area contributed by atoms with Crippen LogP contribution >= 0.6 is 12.2 Å². The van der Waals surface area contributed by atoms with Crippen molar-refractivity contribution in [3.05, 3.63) is 0 Å². The van der Waals surface area contributed by atoms with Gasteiger partial charge in [-0.15, -0.1) is 0 Å². The van der Waals surface area contributed by atoms with Gasteiger partial charge >= 0.3 is 0 Å². The first-order chi connectivity index (χ1) is 6.76. The van der Waals surface area contributed by atoms with Gasteiger partial charge in [0.05, 0.1) is 6.61 Å². The fourth-order valence-corrected chi connectivity index (χ4v) is 1.51. The Morgan fingerprint density at radius 3 is 1.87 bits per heavy atom. The van der Waals surface area contributed by atoms with Crippen molar-refractivity contribution in [1.29, 1.82) is 0 Å². The molecule has 0 amide bonds. The van der Waals surface area contributed by atoms with Crippen molar-refractivity contribution >= 4 is 41.8 Å². The first-order valence-corrected chi connectivity index (χ1v) is 6.08. The molecule has 2 nitrogen and oxygen atoms in total. The Morgan fingerprint density at radius 1 is 1.07 bits per heavy atom. The van der Waals surface area contributed by atoms with Gasteiger partial charge in [-0.25, -0.2) is 0 Å². The second-order valence-corrected chi connectivity index (χ2v) is 3.74. The Kier molecular flexibility index (Phi) is 15.0. The molecule has 0 aromatic carbocycles. The van der Waals surface area contributed by atoms with Crippen LogP contribution in [0.1, 0.15) is 46.5 Å². The Balaban J connectivity index is 0. The van der Waals surface area contributed by atoms with Crippen molar-refractivity contribution in [2.24, 2.45) is 0 Å². The molecule has 0 aromatic heterocycles. The minimum absolute atomic E-state index is 0. The van der Waals surface area contributed by atoms with Gasteiger partial charge in [0.15, 0.2) is 0 Å². The number of unbranched alkanes of at least 4 members (excludes halogenated alkanes) is 2. The van der Waals surface area contributed by atoms with Crippen LogP contribution in [0.4, 0.5) is 0 Å². The second kappa shape index (κ2) is 12.6. The summed E-state index contributed by atoms with van der Waals surface area (Å²) in [6, 6.07) is 0. The summed E-state index contributed by atoms with van der Waals surface area (Å²) in [6.45, 7) is 9.12. The maximum atomic E-state index is 5.36. The molecular weight excluding hydrogens is 316 g/mol. The largest absolute Gasteiger partial charge is 0.471 e.